The molecule has 0 N–H and O–H groups in total. The average molecular weight is 427 g/mol. The first-order valence-corrected chi connectivity index (χ1v) is 11.3. The first-order valence-electron chi connectivity index (χ1n) is 9.58. The quantitative estimate of drug-likeness (QED) is 0.620. The Morgan fingerprint density at radius 3 is 2.72 bits per heavy atom. The molecule has 2 aromatic heterocycles. The summed E-state index contributed by atoms with van der Waals surface area (Å²) in [7, 11) is 0. The van der Waals surface area contributed by atoms with Crippen molar-refractivity contribution < 1.29 is 14.0 Å². The van der Waals surface area contributed by atoms with Gasteiger partial charge in [-0.25, -0.2) is 4.39 Å². The number of carbonyl (C=O) groups is 2. The maximum atomic E-state index is 14.2. The highest BCUT2D eigenvalue weighted by atomic mass is 32.1. The minimum absolute atomic E-state index is 0.0209. The molecule has 1 aromatic carbocycles. The highest BCUT2D eigenvalue weighted by Crippen LogP contribution is 2.41. The van der Waals surface area contributed by atoms with Gasteiger partial charge in [-0.3, -0.25) is 9.59 Å². The molecule has 2 amide bonds. The molecule has 0 bridgehead atoms. The molecule has 2 aliphatic rings. The standard InChI is InChI=1S/C22H19FN2O2S2/c23-16-4-1-2-5-17(16)25-13-14(12-20(25)26)22(27)24-9-7-18-15(8-11-29-18)21(24)19-6-3-10-28-19/h1-6,8,10-11,14,21H,7,9,12-13H2. The smallest absolute Gasteiger partial charge is 0.228 e. The molecule has 29 heavy (non-hydrogen) atoms. The van der Waals surface area contributed by atoms with Gasteiger partial charge in [0.25, 0.3) is 0 Å². The Morgan fingerprint density at radius 2 is 1.93 bits per heavy atom. The molecule has 1 fully saturated rings. The number of nitrogens with zero attached hydrogens (tertiary/aromatic N) is 2. The maximum absolute atomic E-state index is 14.2. The van der Waals surface area contributed by atoms with Crippen molar-refractivity contribution in [3.8, 4) is 0 Å². The Labute approximate surface area is 176 Å². The fourth-order valence-electron chi connectivity index (χ4n) is 4.32. The van der Waals surface area contributed by atoms with E-state index in [2.05, 4.69) is 17.5 Å². The largest absolute Gasteiger partial charge is 0.330 e. The van der Waals surface area contributed by atoms with E-state index in [1.165, 1.54) is 21.4 Å². The maximum Gasteiger partial charge on any atom is 0.228 e. The molecule has 0 saturated carbocycles. The second-order valence-corrected chi connectivity index (χ2v) is 9.34. The molecule has 4 nitrogen and oxygen atoms in total. The minimum Gasteiger partial charge on any atom is -0.330 e. The van der Waals surface area contributed by atoms with Crippen LogP contribution in [0.2, 0.25) is 0 Å². The van der Waals surface area contributed by atoms with Crippen molar-refractivity contribution in [2.24, 2.45) is 5.92 Å². The zero-order valence-corrected chi connectivity index (χ0v) is 17.2. The molecular weight excluding hydrogens is 407 g/mol. The predicted molar refractivity (Wildman–Crippen MR) is 113 cm³/mol. The Kier molecular flexibility index (Phi) is 4.72. The predicted octanol–water partition coefficient (Wildman–Crippen LogP) is 4.48. The zero-order chi connectivity index (χ0) is 20.0. The van der Waals surface area contributed by atoms with Crippen LogP contribution in [-0.2, 0) is 16.0 Å². The lowest BCUT2D eigenvalue weighted by Gasteiger charge is -2.37. The van der Waals surface area contributed by atoms with Gasteiger partial charge in [-0.15, -0.1) is 22.7 Å². The summed E-state index contributed by atoms with van der Waals surface area (Å²) in [5, 5.41) is 4.11. The molecular formula is C22H19FN2O2S2. The topological polar surface area (TPSA) is 40.6 Å². The number of halogens is 1. The molecule has 2 aliphatic heterocycles. The second kappa shape index (κ2) is 7.39. The van der Waals surface area contributed by atoms with Gasteiger partial charge >= 0.3 is 0 Å². The number of thiophene rings is 2. The zero-order valence-electron chi connectivity index (χ0n) is 15.6. The number of hydrogen-bond donors (Lipinski definition) is 0. The third-order valence-corrected chi connectivity index (χ3v) is 7.60. The van der Waals surface area contributed by atoms with Crippen LogP contribution in [-0.4, -0.2) is 29.8 Å². The normalized spacial score (nSPS) is 21.5. The van der Waals surface area contributed by atoms with E-state index >= 15 is 0 Å². The summed E-state index contributed by atoms with van der Waals surface area (Å²) in [4.78, 5) is 31.9. The monoisotopic (exact) mass is 426 g/mol. The van der Waals surface area contributed by atoms with E-state index in [-0.39, 0.29) is 36.5 Å². The molecule has 1 saturated heterocycles. The van der Waals surface area contributed by atoms with Crippen LogP contribution in [0.15, 0.2) is 53.2 Å². The number of hydrogen-bond acceptors (Lipinski definition) is 4. The second-order valence-electron chi connectivity index (χ2n) is 7.36. The van der Waals surface area contributed by atoms with Gasteiger partial charge in [-0.1, -0.05) is 18.2 Å². The molecule has 7 heteroatoms. The number of rotatable bonds is 3. The number of anilines is 1. The number of benzene rings is 1. The van der Waals surface area contributed by atoms with Gasteiger partial charge in [0.1, 0.15) is 5.82 Å². The number of fused-ring (bicyclic) bond motifs is 1. The van der Waals surface area contributed by atoms with Crippen molar-refractivity contribution in [1.29, 1.82) is 0 Å². The fraction of sp³-hybridized carbons (Fsp3) is 0.273. The van der Waals surface area contributed by atoms with E-state index in [0.717, 1.165) is 11.3 Å². The highest BCUT2D eigenvalue weighted by molar-refractivity contribution is 7.10. The Morgan fingerprint density at radius 1 is 1.07 bits per heavy atom. The van der Waals surface area contributed by atoms with E-state index in [1.807, 2.05) is 16.3 Å². The number of para-hydroxylation sites is 1. The summed E-state index contributed by atoms with van der Waals surface area (Å²) in [6.07, 6.45) is 0.954. The van der Waals surface area contributed by atoms with Crippen LogP contribution in [0.3, 0.4) is 0 Å². The Balaban J connectivity index is 1.43. The molecule has 4 heterocycles. The Hall–Kier alpha value is -2.51. The summed E-state index contributed by atoms with van der Waals surface area (Å²) in [5.41, 5.74) is 1.44. The average Bonchev–Trinajstić information content (AvgIpc) is 3.48. The number of carbonyl (C=O) groups excluding carboxylic acids is 2. The van der Waals surface area contributed by atoms with E-state index in [1.54, 1.807) is 40.9 Å². The van der Waals surface area contributed by atoms with Crippen LogP contribution in [0.25, 0.3) is 0 Å². The van der Waals surface area contributed by atoms with Crippen molar-refractivity contribution >= 4 is 40.2 Å². The minimum atomic E-state index is -0.454. The lowest BCUT2D eigenvalue weighted by atomic mass is 9.96. The van der Waals surface area contributed by atoms with Gasteiger partial charge in [-0.05, 0) is 47.0 Å². The van der Waals surface area contributed by atoms with Crippen LogP contribution in [0.1, 0.15) is 27.8 Å². The molecule has 2 atom stereocenters. The summed E-state index contributed by atoms with van der Waals surface area (Å²) in [6, 6.07) is 12.3. The lowest BCUT2D eigenvalue weighted by Crippen LogP contribution is -2.43. The first-order chi connectivity index (χ1) is 14.1. The van der Waals surface area contributed by atoms with Crippen LogP contribution in [0, 0.1) is 11.7 Å². The molecule has 3 aromatic rings. The SMILES string of the molecule is O=C1CC(C(=O)N2CCc3sccc3C2c2cccs2)CN1c1ccccc1F. The molecule has 0 spiro atoms. The Bertz CT molecular complexity index is 1060. The molecule has 5 rings (SSSR count). The van der Waals surface area contributed by atoms with Gasteiger partial charge in [0.15, 0.2) is 0 Å². The van der Waals surface area contributed by atoms with Crippen LogP contribution < -0.4 is 4.90 Å². The van der Waals surface area contributed by atoms with E-state index in [4.69, 9.17) is 0 Å². The number of amides is 2. The van der Waals surface area contributed by atoms with Crippen molar-refractivity contribution in [2.45, 2.75) is 18.9 Å². The third-order valence-electron chi connectivity index (χ3n) is 5.68. The van der Waals surface area contributed by atoms with Gasteiger partial charge < -0.3 is 9.80 Å². The summed E-state index contributed by atoms with van der Waals surface area (Å²) in [6.45, 7) is 0.863. The van der Waals surface area contributed by atoms with Gasteiger partial charge in [0.2, 0.25) is 11.8 Å². The summed E-state index contributed by atoms with van der Waals surface area (Å²) in [5.74, 6) is -1.11. The van der Waals surface area contributed by atoms with Crippen molar-refractivity contribution in [2.75, 3.05) is 18.0 Å². The lowest BCUT2D eigenvalue weighted by molar-refractivity contribution is -0.137. The van der Waals surface area contributed by atoms with Crippen molar-refractivity contribution in [1.82, 2.24) is 4.90 Å². The van der Waals surface area contributed by atoms with Crippen LogP contribution in [0.5, 0.6) is 0 Å². The van der Waals surface area contributed by atoms with E-state index in [0.29, 0.717) is 6.54 Å². The summed E-state index contributed by atoms with van der Waals surface area (Å²) < 4.78 is 14.2. The van der Waals surface area contributed by atoms with Gasteiger partial charge in [-0.2, -0.15) is 0 Å². The van der Waals surface area contributed by atoms with Gasteiger partial charge in [0.05, 0.1) is 17.6 Å². The van der Waals surface area contributed by atoms with Crippen molar-refractivity contribution in [3.63, 3.8) is 0 Å². The van der Waals surface area contributed by atoms with Crippen molar-refractivity contribution in [3.05, 3.63) is 74.4 Å². The summed E-state index contributed by atoms with van der Waals surface area (Å²) >= 11 is 3.38. The molecule has 148 valence electrons. The van der Waals surface area contributed by atoms with Gasteiger partial charge in [0, 0.05) is 29.3 Å². The van der Waals surface area contributed by atoms with Crippen LogP contribution in [0.4, 0.5) is 10.1 Å². The molecule has 2 unspecified atom stereocenters. The molecule has 0 aliphatic carbocycles. The van der Waals surface area contributed by atoms with Crippen LogP contribution >= 0.6 is 22.7 Å². The third kappa shape index (κ3) is 3.18. The van der Waals surface area contributed by atoms with E-state index in [9.17, 15) is 14.0 Å². The fourth-order valence-corrected chi connectivity index (χ4v) is 6.08. The van der Waals surface area contributed by atoms with E-state index < -0.39 is 11.7 Å². The molecule has 0 radical (unpaired) electrons. The first kappa shape index (κ1) is 18.5. The highest BCUT2D eigenvalue weighted by Gasteiger charge is 2.42.